The molecular formula is C21H13Cl2F4N3S. The summed E-state index contributed by atoms with van der Waals surface area (Å²) >= 11 is 13.1. The normalized spacial score (nSPS) is 11.9. The molecule has 0 fully saturated rings. The summed E-state index contributed by atoms with van der Waals surface area (Å²) in [5.41, 5.74) is 0.341. The van der Waals surface area contributed by atoms with Gasteiger partial charge in [0.05, 0.1) is 21.2 Å². The number of aromatic nitrogens is 3. The van der Waals surface area contributed by atoms with E-state index in [0.717, 1.165) is 11.3 Å². The molecule has 2 aromatic heterocycles. The Hall–Kier alpha value is -2.42. The standard InChI is InChI=1S/C21H13Cl2F4N3S/c1-10-12(9-31-18(10)11-5-3-7-14(23)17(11)21(25,26)27)20-28-19(29-30(20)2)16-13(22)6-4-8-15(16)24/h3-9H,1-2H3. The van der Waals surface area contributed by atoms with Crippen molar-refractivity contribution < 1.29 is 17.6 Å². The highest BCUT2D eigenvalue weighted by atomic mass is 35.5. The van der Waals surface area contributed by atoms with Gasteiger partial charge in [0.15, 0.2) is 11.6 Å². The van der Waals surface area contributed by atoms with Crippen molar-refractivity contribution in [1.82, 2.24) is 14.8 Å². The Labute approximate surface area is 188 Å². The first-order valence-electron chi connectivity index (χ1n) is 8.89. The van der Waals surface area contributed by atoms with E-state index in [-0.39, 0.29) is 27.0 Å². The van der Waals surface area contributed by atoms with Crippen LogP contribution < -0.4 is 0 Å². The number of thiophene rings is 1. The zero-order valence-corrected chi connectivity index (χ0v) is 18.4. The Kier molecular flexibility index (Phi) is 5.57. The van der Waals surface area contributed by atoms with E-state index in [9.17, 15) is 17.6 Å². The highest BCUT2D eigenvalue weighted by Gasteiger charge is 2.37. The lowest BCUT2D eigenvalue weighted by Crippen LogP contribution is -2.08. The van der Waals surface area contributed by atoms with Gasteiger partial charge >= 0.3 is 6.18 Å². The van der Waals surface area contributed by atoms with Gasteiger partial charge in [-0.25, -0.2) is 14.1 Å². The second kappa shape index (κ2) is 7.93. The molecule has 0 aliphatic rings. The van der Waals surface area contributed by atoms with Crippen molar-refractivity contribution in [2.24, 2.45) is 7.05 Å². The summed E-state index contributed by atoms with van der Waals surface area (Å²) in [7, 11) is 1.62. The fourth-order valence-electron chi connectivity index (χ4n) is 3.34. The van der Waals surface area contributed by atoms with Crippen molar-refractivity contribution in [2.45, 2.75) is 13.1 Å². The van der Waals surface area contributed by atoms with Gasteiger partial charge in [-0.2, -0.15) is 18.3 Å². The summed E-state index contributed by atoms with van der Waals surface area (Å²) in [5.74, 6) is -0.0995. The zero-order valence-electron chi connectivity index (χ0n) is 16.1. The first-order chi connectivity index (χ1) is 14.6. The smallest absolute Gasteiger partial charge is 0.248 e. The number of aryl methyl sites for hydroxylation is 1. The molecule has 0 aliphatic carbocycles. The summed E-state index contributed by atoms with van der Waals surface area (Å²) < 4.78 is 56.6. The van der Waals surface area contributed by atoms with E-state index in [4.69, 9.17) is 23.2 Å². The number of rotatable bonds is 3. The average molecular weight is 486 g/mol. The van der Waals surface area contributed by atoms with Crippen LogP contribution in [0.5, 0.6) is 0 Å². The summed E-state index contributed by atoms with van der Waals surface area (Å²) in [6, 6.07) is 8.34. The first-order valence-corrected chi connectivity index (χ1v) is 10.5. The van der Waals surface area contributed by atoms with Crippen molar-refractivity contribution in [3.63, 3.8) is 0 Å². The lowest BCUT2D eigenvalue weighted by molar-refractivity contribution is -0.136. The second-order valence-electron chi connectivity index (χ2n) is 6.74. The van der Waals surface area contributed by atoms with Gasteiger partial charge in [0.1, 0.15) is 5.82 Å². The minimum absolute atomic E-state index is 0.00621. The van der Waals surface area contributed by atoms with Crippen molar-refractivity contribution in [3.8, 4) is 33.2 Å². The third-order valence-electron chi connectivity index (χ3n) is 4.77. The molecule has 31 heavy (non-hydrogen) atoms. The molecule has 0 bridgehead atoms. The fraction of sp³-hybridized carbons (Fsp3) is 0.143. The number of halogens is 6. The molecule has 0 atom stereocenters. The molecule has 160 valence electrons. The molecular weight excluding hydrogens is 473 g/mol. The van der Waals surface area contributed by atoms with Crippen LogP contribution in [0.4, 0.5) is 17.6 Å². The van der Waals surface area contributed by atoms with E-state index in [0.29, 0.717) is 21.8 Å². The molecule has 3 nitrogen and oxygen atoms in total. The van der Waals surface area contributed by atoms with Crippen molar-refractivity contribution in [3.05, 3.63) is 68.8 Å². The minimum atomic E-state index is -4.61. The maximum absolute atomic E-state index is 14.3. The van der Waals surface area contributed by atoms with Gasteiger partial charge in [-0.15, -0.1) is 11.3 Å². The Bertz CT molecular complexity index is 1270. The zero-order chi connectivity index (χ0) is 22.5. The number of hydrogen-bond donors (Lipinski definition) is 0. The van der Waals surface area contributed by atoms with Crippen LogP contribution in [-0.2, 0) is 13.2 Å². The Balaban J connectivity index is 1.85. The maximum atomic E-state index is 14.3. The topological polar surface area (TPSA) is 30.7 Å². The molecule has 0 aliphatic heterocycles. The Morgan fingerprint density at radius 2 is 1.68 bits per heavy atom. The van der Waals surface area contributed by atoms with Gasteiger partial charge in [0, 0.05) is 28.4 Å². The second-order valence-corrected chi connectivity index (χ2v) is 8.44. The van der Waals surface area contributed by atoms with E-state index in [2.05, 4.69) is 10.1 Å². The highest BCUT2D eigenvalue weighted by Crippen LogP contribution is 2.46. The molecule has 0 unspecified atom stereocenters. The van der Waals surface area contributed by atoms with E-state index in [1.807, 2.05) is 0 Å². The molecule has 0 N–H and O–H groups in total. The molecule has 0 spiro atoms. The molecule has 2 aromatic carbocycles. The van der Waals surface area contributed by atoms with Gasteiger partial charge in [0.2, 0.25) is 0 Å². The lowest BCUT2D eigenvalue weighted by atomic mass is 10.0. The van der Waals surface area contributed by atoms with Crippen molar-refractivity contribution in [2.75, 3.05) is 0 Å². The maximum Gasteiger partial charge on any atom is 0.418 e. The predicted molar refractivity (Wildman–Crippen MR) is 115 cm³/mol. The Morgan fingerprint density at radius 1 is 1.00 bits per heavy atom. The number of alkyl halides is 3. The monoisotopic (exact) mass is 485 g/mol. The quantitative estimate of drug-likeness (QED) is 0.279. The summed E-state index contributed by atoms with van der Waals surface area (Å²) in [4.78, 5) is 4.83. The van der Waals surface area contributed by atoms with Crippen molar-refractivity contribution >= 4 is 34.5 Å². The van der Waals surface area contributed by atoms with E-state index in [1.54, 1.807) is 19.4 Å². The third-order valence-corrected chi connectivity index (χ3v) is 6.52. The minimum Gasteiger partial charge on any atom is -0.248 e. The van der Waals surface area contributed by atoms with Crippen LogP contribution >= 0.6 is 34.5 Å². The van der Waals surface area contributed by atoms with Gasteiger partial charge in [-0.1, -0.05) is 41.4 Å². The van der Waals surface area contributed by atoms with Crippen LogP contribution in [0.15, 0.2) is 41.8 Å². The van der Waals surface area contributed by atoms with Crippen LogP contribution in [0, 0.1) is 12.7 Å². The number of nitrogens with zero attached hydrogens (tertiary/aromatic N) is 3. The summed E-state index contributed by atoms with van der Waals surface area (Å²) in [6.07, 6.45) is -4.61. The molecule has 0 saturated heterocycles. The predicted octanol–water partition coefficient (Wildman–Crippen LogP) is 7.65. The molecule has 0 radical (unpaired) electrons. The first kappa shape index (κ1) is 21.8. The molecule has 4 rings (SSSR count). The average Bonchev–Trinajstić information content (AvgIpc) is 3.22. The summed E-state index contributed by atoms with van der Waals surface area (Å²) in [5, 5.41) is 5.75. The number of benzene rings is 2. The van der Waals surface area contributed by atoms with Gasteiger partial charge in [-0.05, 0) is 30.7 Å². The largest absolute Gasteiger partial charge is 0.418 e. The van der Waals surface area contributed by atoms with Crippen LogP contribution in [0.3, 0.4) is 0 Å². The van der Waals surface area contributed by atoms with Crippen LogP contribution in [0.2, 0.25) is 10.0 Å². The van der Waals surface area contributed by atoms with Gasteiger partial charge < -0.3 is 0 Å². The lowest BCUT2D eigenvalue weighted by Gasteiger charge is -2.14. The fourth-order valence-corrected chi connectivity index (χ4v) is 4.97. The van der Waals surface area contributed by atoms with Crippen LogP contribution in [0.25, 0.3) is 33.2 Å². The SMILES string of the molecule is Cc1c(-c2nc(-c3c(F)cccc3Cl)nn2C)csc1-c1cccc(Cl)c1C(F)(F)F. The third kappa shape index (κ3) is 3.84. The van der Waals surface area contributed by atoms with E-state index in [1.165, 1.54) is 41.1 Å². The van der Waals surface area contributed by atoms with Crippen LogP contribution in [-0.4, -0.2) is 14.8 Å². The number of hydrogen-bond acceptors (Lipinski definition) is 3. The van der Waals surface area contributed by atoms with Gasteiger partial charge in [0.25, 0.3) is 0 Å². The molecule has 4 aromatic rings. The van der Waals surface area contributed by atoms with Crippen LogP contribution in [0.1, 0.15) is 11.1 Å². The molecule has 0 saturated carbocycles. The summed E-state index contributed by atoms with van der Waals surface area (Å²) in [6.45, 7) is 1.70. The molecule has 10 heteroatoms. The Morgan fingerprint density at radius 3 is 2.35 bits per heavy atom. The highest BCUT2D eigenvalue weighted by molar-refractivity contribution is 7.14. The van der Waals surface area contributed by atoms with Gasteiger partial charge in [-0.3, -0.25) is 0 Å². The molecule has 2 heterocycles. The van der Waals surface area contributed by atoms with E-state index >= 15 is 0 Å². The van der Waals surface area contributed by atoms with Crippen molar-refractivity contribution in [1.29, 1.82) is 0 Å². The van der Waals surface area contributed by atoms with E-state index < -0.39 is 17.6 Å². The molecule has 0 amide bonds.